The van der Waals surface area contributed by atoms with Crippen LogP contribution in [-0.2, 0) is 6.54 Å². The Morgan fingerprint density at radius 2 is 1.80 bits per heavy atom. The molecule has 1 fully saturated rings. The Balaban J connectivity index is 1.54. The Labute approximate surface area is 178 Å². The molecule has 0 bridgehead atoms. The molecule has 3 aromatic rings. The molecule has 2 heterocycles. The van der Waals surface area contributed by atoms with Crippen molar-refractivity contribution in [1.82, 2.24) is 20.1 Å². The van der Waals surface area contributed by atoms with Gasteiger partial charge in [0, 0.05) is 25.0 Å². The molecule has 0 radical (unpaired) electrons. The van der Waals surface area contributed by atoms with Crippen LogP contribution in [0.3, 0.4) is 0 Å². The maximum atomic E-state index is 13.4. The number of aromatic nitrogens is 1. The van der Waals surface area contributed by atoms with Crippen LogP contribution in [0.5, 0.6) is 0 Å². The van der Waals surface area contributed by atoms with Gasteiger partial charge in [0.1, 0.15) is 0 Å². The molecule has 1 unspecified atom stereocenters. The Bertz CT molecular complexity index is 977. The van der Waals surface area contributed by atoms with Crippen LogP contribution in [0.25, 0.3) is 10.8 Å². The van der Waals surface area contributed by atoms with E-state index < -0.39 is 0 Å². The summed E-state index contributed by atoms with van der Waals surface area (Å²) in [5.74, 6) is 0. The first-order valence-corrected chi connectivity index (χ1v) is 10.7. The number of piperidine rings is 1. The van der Waals surface area contributed by atoms with Gasteiger partial charge in [0.25, 0.3) is 0 Å². The fraction of sp³-hybridized carbons (Fsp3) is 0.360. The van der Waals surface area contributed by atoms with Crippen LogP contribution in [0.4, 0.5) is 4.79 Å². The average Bonchev–Trinajstić information content (AvgIpc) is 2.78. The number of pyridine rings is 1. The molecule has 156 valence electrons. The number of nitrogens with one attached hydrogen (secondary N) is 1. The van der Waals surface area contributed by atoms with E-state index in [0.29, 0.717) is 6.54 Å². The van der Waals surface area contributed by atoms with E-state index in [1.165, 1.54) is 10.8 Å². The molecular weight excluding hydrogens is 372 g/mol. The van der Waals surface area contributed by atoms with Crippen LogP contribution in [0, 0.1) is 0 Å². The minimum atomic E-state index is -0.0743. The lowest BCUT2D eigenvalue weighted by molar-refractivity contribution is 0.125. The highest BCUT2D eigenvalue weighted by molar-refractivity contribution is 5.86. The average molecular weight is 403 g/mol. The number of fused-ring (bicyclic) bond motifs is 1. The molecule has 0 spiro atoms. The zero-order valence-electron chi connectivity index (χ0n) is 17.8. The van der Waals surface area contributed by atoms with Crippen molar-refractivity contribution in [3.8, 4) is 0 Å². The summed E-state index contributed by atoms with van der Waals surface area (Å²) in [6.07, 6.45) is 5.58. The van der Waals surface area contributed by atoms with Crippen molar-refractivity contribution in [2.45, 2.75) is 38.4 Å². The number of benzene rings is 2. The molecule has 2 aromatic carbocycles. The summed E-state index contributed by atoms with van der Waals surface area (Å²) in [5.41, 5.74) is 2.26. The van der Waals surface area contributed by atoms with Crippen molar-refractivity contribution in [2.24, 2.45) is 0 Å². The van der Waals surface area contributed by atoms with Gasteiger partial charge in [-0.3, -0.25) is 4.98 Å². The van der Waals surface area contributed by atoms with E-state index in [1.54, 1.807) is 12.4 Å². The predicted octanol–water partition coefficient (Wildman–Crippen LogP) is 4.60. The fourth-order valence-corrected chi connectivity index (χ4v) is 4.33. The number of rotatable bonds is 5. The van der Waals surface area contributed by atoms with Gasteiger partial charge in [-0.05, 0) is 73.9 Å². The van der Waals surface area contributed by atoms with Gasteiger partial charge in [-0.1, -0.05) is 42.5 Å². The molecular formula is C25H30N4O. The summed E-state index contributed by atoms with van der Waals surface area (Å²) in [7, 11) is 2.14. The maximum absolute atomic E-state index is 13.4. The number of likely N-dealkylation sites (tertiary alicyclic amines) is 1. The largest absolute Gasteiger partial charge is 0.331 e. The van der Waals surface area contributed by atoms with E-state index in [4.69, 9.17) is 0 Å². The fourth-order valence-electron chi connectivity index (χ4n) is 4.33. The van der Waals surface area contributed by atoms with Gasteiger partial charge in [0.15, 0.2) is 0 Å². The van der Waals surface area contributed by atoms with Crippen LogP contribution >= 0.6 is 0 Å². The van der Waals surface area contributed by atoms with Crippen molar-refractivity contribution >= 4 is 16.8 Å². The Morgan fingerprint density at radius 1 is 1.10 bits per heavy atom. The number of hydrogen-bond donors (Lipinski definition) is 1. The first-order valence-electron chi connectivity index (χ1n) is 10.7. The van der Waals surface area contributed by atoms with Crippen molar-refractivity contribution in [2.75, 3.05) is 20.1 Å². The summed E-state index contributed by atoms with van der Waals surface area (Å²) in [5, 5.41) is 5.66. The molecule has 5 nitrogen and oxygen atoms in total. The standard InChI is InChI=1S/C25H30N4O/c1-19(23-9-5-7-21-6-3-4-8-24(21)23)27-25(30)29(18-20-10-14-26-15-11-20)22-12-16-28(2)17-13-22/h3-11,14-15,19,22H,12-13,16-18H2,1-2H3,(H,27,30). The number of nitrogens with zero attached hydrogens (tertiary/aromatic N) is 3. The number of carbonyl (C=O) groups is 1. The summed E-state index contributed by atoms with van der Waals surface area (Å²) in [6.45, 7) is 4.71. The highest BCUT2D eigenvalue weighted by atomic mass is 16.2. The van der Waals surface area contributed by atoms with Gasteiger partial charge in [-0.2, -0.15) is 0 Å². The smallest absolute Gasteiger partial charge is 0.318 e. The molecule has 1 saturated heterocycles. The maximum Gasteiger partial charge on any atom is 0.318 e. The lowest BCUT2D eigenvalue weighted by atomic mass is 9.99. The zero-order chi connectivity index (χ0) is 20.9. The van der Waals surface area contributed by atoms with E-state index >= 15 is 0 Å². The minimum absolute atomic E-state index is 0.00167. The number of amides is 2. The molecule has 1 aromatic heterocycles. The van der Waals surface area contributed by atoms with E-state index in [2.05, 4.69) is 65.6 Å². The van der Waals surface area contributed by atoms with Crippen molar-refractivity contribution in [3.63, 3.8) is 0 Å². The van der Waals surface area contributed by atoms with Crippen LogP contribution in [0.15, 0.2) is 67.0 Å². The molecule has 1 atom stereocenters. The van der Waals surface area contributed by atoms with Gasteiger partial charge in [0.05, 0.1) is 6.04 Å². The molecule has 1 aliphatic rings. The van der Waals surface area contributed by atoms with E-state index in [0.717, 1.165) is 37.1 Å². The van der Waals surface area contributed by atoms with Gasteiger partial charge < -0.3 is 15.1 Å². The third-order valence-corrected chi connectivity index (χ3v) is 6.12. The summed E-state index contributed by atoms with van der Waals surface area (Å²) in [4.78, 5) is 21.9. The minimum Gasteiger partial charge on any atom is -0.331 e. The van der Waals surface area contributed by atoms with Gasteiger partial charge in [-0.15, -0.1) is 0 Å². The molecule has 5 heteroatoms. The first-order chi connectivity index (χ1) is 14.6. The second kappa shape index (κ2) is 9.26. The lowest BCUT2D eigenvalue weighted by Crippen LogP contribution is -2.50. The molecule has 0 aliphatic carbocycles. The Kier molecular flexibility index (Phi) is 6.29. The molecule has 2 amide bonds. The number of carbonyl (C=O) groups excluding carboxylic acids is 1. The second-order valence-electron chi connectivity index (χ2n) is 8.26. The number of hydrogen-bond acceptors (Lipinski definition) is 3. The Morgan fingerprint density at radius 3 is 2.57 bits per heavy atom. The highest BCUT2D eigenvalue weighted by Gasteiger charge is 2.28. The third kappa shape index (κ3) is 4.62. The summed E-state index contributed by atoms with van der Waals surface area (Å²) in [6, 6.07) is 18.8. The summed E-state index contributed by atoms with van der Waals surface area (Å²) >= 11 is 0. The lowest BCUT2D eigenvalue weighted by Gasteiger charge is -2.38. The predicted molar refractivity (Wildman–Crippen MR) is 121 cm³/mol. The molecule has 1 aliphatic heterocycles. The second-order valence-corrected chi connectivity index (χ2v) is 8.26. The van der Waals surface area contributed by atoms with Gasteiger partial charge in [0.2, 0.25) is 0 Å². The van der Waals surface area contributed by atoms with E-state index in [1.807, 2.05) is 23.1 Å². The quantitative estimate of drug-likeness (QED) is 0.678. The van der Waals surface area contributed by atoms with Crippen molar-refractivity contribution in [3.05, 3.63) is 78.1 Å². The van der Waals surface area contributed by atoms with Crippen LogP contribution in [0.1, 0.15) is 36.9 Å². The third-order valence-electron chi connectivity index (χ3n) is 6.12. The van der Waals surface area contributed by atoms with Crippen molar-refractivity contribution in [1.29, 1.82) is 0 Å². The Hall–Kier alpha value is -2.92. The van der Waals surface area contributed by atoms with Crippen LogP contribution < -0.4 is 5.32 Å². The van der Waals surface area contributed by atoms with Crippen molar-refractivity contribution < 1.29 is 4.79 Å². The van der Waals surface area contributed by atoms with Gasteiger partial charge >= 0.3 is 6.03 Å². The molecule has 30 heavy (non-hydrogen) atoms. The van der Waals surface area contributed by atoms with Crippen LogP contribution in [-0.4, -0.2) is 47.0 Å². The molecule has 0 saturated carbocycles. The molecule has 4 rings (SSSR count). The summed E-state index contributed by atoms with van der Waals surface area (Å²) < 4.78 is 0. The monoisotopic (exact) mass is 402 g/mol. The molecule has 1 N–H and O–H groups in total. The topological polar surface area (TPSA) is 48.5 Å². The highest BCUT2D eigenvalue weighted by Crippen LogP contribution is 2.25. The SMILES string of the molecule is CC(NC(=O)N(Cc1ccncc1)C1CCN(C)CC1)c1cccc2ccccc12. The first kappa shape index (κ1) is 20.4. The number of urea groups is 1. The van der Waals surface area contributed by atoms with Gasteiger partial charge in [-0.25, -0.2) is 4.79 Å². The normalized spacial score (nSPS) is 16.3. The van der Waals surface area contributed by atoms with E-state index in [9.17, 15) is 4.79 Å². The van der Waals surface area contributed by atoms with Crippen LogP contribution in [0.2, 0.25) is 0 Å². The zero-order valence-corrected chi connectivity index (χ0v) is 17.8. The van der Waals surface area contributed by atoms with E-state index in [-0.39, 0.29) is 18.1 Å².